The van der Waals surface area contributed by atoms with Gasteiger partial charge in [-0.15, -0.1) is 11.3 Å². The summed E-state index contributed by atoms with van der Waals surface area (Å²) in [5, 5.41) is 3.57. The highest BCUT2D eigenvalue weighted by Gasteiger charge is 2.11. The Hall–Kier alpha value is -1.52. The molecule has 0 aliphatic carbocycles. The minimum Gasteiger partial charge on any atom is -0.495 e. The van der Waals surface area contributed by atoms with Crippen LogP contribution in [0, 0.1) is 6.92 Å². The molecule has 114 valence electrons. The molecule has 0 spiro atoms. The highest BCUT2D eigenvalue weighted by atomic mass is 32.1. The van der Waals surface area contributed by atoms with Crippen molar-refractivity contribution < 1.29 is 4.74 Å². The Balaban J connectivity index is 2.20. The van der Waals surface area contributed by atoms with Gasteiger partial charge in [0.05, 0.1) is 18.8 Å². The Labute approximate surface area is 131 Å². The van der Waals surface area contributed by atoms with Crippen LogP contribution in [0.5, 0.6) is 5.75 Å². The molecule has 21 heavy (non-hydrogen) atoms. The van der Waals surface area contributed by atoms with Crippen LogP contribution in [-0.2, 0) is 6.54 Å². The van der Waals surface area contributed by atoms with E-state index in [4.69, 9.17) is 4.74 Å². The molecule has 1 atom stereocenters. The Morgan fingerprint density at radius 2 is 2.00 bits per heavy atom. The van der Waals surface area contributed by atoms with E-state index in [2.05, 4.69) is 62.4 Å². The minimum atomic E-state index is 0.271. The monoisotopic (exact) mass is 304 g/mol. The average molecular weight is 304 g/mol. The molecule has 1 aromatic heterocycles. The lowest BCUT2D eigenvalue weighted by molar-refractivity contribution is 0.400. The van der Waals surface area contributed by atoms with Crippen molar-refractivity contribution >= 4 is 17.0 Å². The van der Waals surface area contributed by atoms with Gasteiger partial charge in [0.1, 0.15) is 5.75 Å². The quantitative estimate of drug-likeness (QED) is 0.861. The van der Waals surface area contributed by atoms with Crippen LogP contribution in [0.15, 0.2) is 30.3 Å². The third-order valence-electron chi connectivity index (χ3n) is 3.32. The maximum absolute atomic E-state index is 5.47. The highest BCUT2D eigenvalue weighted by Crippen LogP contribution is 2.31. The van der Waals surface area contributed by atoms with Crippen LogP contribution in [-0.4, -0.2) is 26.1 Å². The van der Waals surface area contributed by atoms with E-state index in [-0.39, 0.29) is 6.04 Å². The smallest absolute Gasteiger partial charge is 0.141 e. The van der Waals surface area contributed by atoms with Crippen molar-refractivity contribution in [3.63, 3.8) is 0 Å². The number of rotatable bonds is 6. The zero-order chi connectivity index (χ0) is 15.4. The van der Waals surface area contributed by atoms with Crippen LogP contribution < -0.4 is 10.1 Å². The topological polar surface area (TPSA) is 24.5 Å². The SMILES string of the molecule is COc1ccc(CN(C)C)cc1NC(C)c1ccc(C)s1. The maximum atomic E-state index is 5.47. The first kappa shape index (κ1) is 15.9. The fraction of sp³-hybridized carbons (Fsp3) is 0.412. The molecule has 0 aliphatic heterocycles. The van der Waals surface area contributed by atoms with Crippen molar-refractivity contribution in [2.45, 2.75) is 26.4 Å². The molecule has 0 fully saturated rings. The van der Waals surface area contributed by atoms with Crippen LogP contribution in [0.3, 0.4) is 0 Å². The second-order valence-corrected chi connectivity index (χ2v) is 6.91. The van der Waals surface area contributed by atoms with Gasteiger partial charge in [-0.25, -0.2) is 0 Å². The second kappa shape index (κ2) is 6.96. The predicted molar refractivity (Wildman–Crippen MR) is 91.5 cm³/mol. The summed E-state index contributed by atoms with van der Waals surface area (Å²) in [5.41, 5.74) is 2.33. The van der Waals surface area contributed by atoms with Crippen LogP contribution in [0.4, 0.5) is 5.69 Å². The molecular formula is C17H24N2OS. The van der Waals surface area contributed by atoms with E-state index in [0.29, 0.717) is 0 Å². The molecule has 0 amide bonds. The van der Waals surface area contributed by atoms with E-state index in [9.17, 15) is 0 Å². The molecule has 0 bridgehead atoms. The number of aryl methyl sites for hydroxylation is 1. The lowest BCUT2D eigenvalue weighted by atomic mass is 10.1. The molecule has 0 radical (unpaired) electrons. The second-order valence-electron chi connectivity index (χ2n) is 5.59. The van der Waals surface area contributed by atoms with Gasteiger partial charge in [0, 0.05) is 16.3 Å². The first-order valence-corrected chi connectivity index (χ1v) is 7.95. The van der Waals surface area contributed by atoms with Gasteiger partial charge in [-0.3, -0.25) is 0 Å². The van der Waals surface area contributed by atoms with Gasteiger partial charge >= 0.3 is 0 Å². The summed E-state index contributed by atoms with van der Waals surface area (Å²) in [7, 11) is 5.87. The van der Waals surface area contributed by atoms with Crippen molar-refractivity contribution in [2.75, 3.05) is 26.5 Å². The highest BCUT2D eigenvalue weighted by molar-refractivity contribution is 7.12. The van der Waals surface area contributed by atoms with Crippen LogP contribution in [0.25, 0.3) is 0 Å². The van der Waals surface area contributed by atoms with Crippen molar-refractivity contribution in [1.29, 1.82) is 0 Å². The zero-order valence-electron chi connectivity index (χ0n) is 13.4. The summed E-state index contributed by atoms with van der Waals surface area (Å²) in [5.74, 6) is 0.887. The number of benzene rings is 1. The molecule has 2 rings (SSSR count). The summed E-state index contributed by atoms with van der Waals surface area (Å²) in [4.78, 5) is 4.84. The van der Waals surface area contributed by atoms with Crippen LogP contribution in [0.1, 0.15) is 28.3 Å². The Bertz CT molecular complexity index is 592. The summed E-state index contributed by atoms with van der Waals surface area (Å²) < 4.78 is 5.47. The number of ether oxygens (including phenoxy) is 1. The molecule has 1 heterocycles. The van der Waals surface area contributed by atoms with Crippen LogP contribution in [0.2, 0.25) is 0 Å². The average Bonchev–Trinajstić information content (AvgIpc) is 2.85. The van der Waals surface area contributed by atoms with Crippen LogP contribution >= 0.6 is 11.3 Å². The Kier molecular flexibility index (Phi) is 5.26. The van der Waals surface area contributed by atoms with Gasteiger partial charge < -0.3 is 15.0 Å². The standard InChI is InChI=1S/C17H24N2OS/c1-12-6-9-17(21-12)13(2)18-15-10-14(11-19(3)4)7-8-16(15)20-5/h6-10,13,18H,11H2,1-5H3. The number of nitrogens with zero attached hydrogens (tertiary/aromatic N) is 1. The number of hydrogen-bond donors (Lipinski definition) is 1. The summed E-state index contributed by atoms with van der Waals surface area (Å²) in [6.07, 6.45) is 0. The van der Waals surface area contributed by atoms with Gasteiger partial charge in [-0.1, -0.05) is 6.07 Å². The van der Waals surface area contributed by atoms with Crippen molar-refractivity contribution in [1.82, 2.24) is 4.90 Å². The molecule has 1 N–H and O–H groups in total. The molecule has 0 aliphatic rings. The lowest BCUT2D eigenvalue weighted by Crippen LogP contribution is -2.12. The van der Waals surface area contributed by atoms with E-state index < -0.39 is 0 Å². The van der Waals surface area contributed by atoms with E-state index in [1.54, 1.807) is 7.11 Å². The Morgan fingerprint density at radius 1 is 1.24 bits per heavy atom. The third kappa shape index (κ3) is 4.22. The van der Waals surface area contributed by atoms with Gasteiger partial charge in [-0.2, -0.15) is 0 Å². The first-order valence-electron chi connectivity index (χ1n) is 7.14. The van der Waals surface area contributed by atoms with E-state index in [1.807, 2.05) is 17.4 Å². The zero-order valence-corrected chi connectivity index (χ0v) is 14.3. The van der Waals surface area contributed by atoms with Gasteiger partial charge in [-0.05, 0) is 57.8 Å². The van der Waals surface area contributed by atoms with Crippen molar-refractivity contribution in [3.8, 4) is 5.75 Å². The van der Waals surface area contributed by atoms with Gasteiger partial charge in [0.15, 0.2) is 0 Å². The van der Waals surface area contributed by atoms with E-state index in [1.165, 1.54) is 15.3 Å². The molecule has 0 saturated carbocycles. The largest absolute Gasteiger partial charge is 0.495 e. The number of nitrogens with one attached hydrogen (secondary N) is 1. The number of methoxy groups -OCH3 is 1. The third-order valence-corrected chi connectivity index (χ3v) is 4.51. The fourth-order valence-electron chi connectivity index (χ4n) is 2.32. The molecule has 1 unspecified atom stereocenters. The minimum absolute atomic E-state index is 0.271. The number of hydrogen-bond acceptors (Lipinski definition) is 4. The van der Waals surface area contributed by atoms with Crippen molar-refractivity contribution in [3.05, 3.63) is 45.6 Å². The van der Waals surface area contributed by atoms with E-state index in [0.717, 1.165) is 18.0 Å². The summed E-state index contributed by atoms with van der Waals surface area (Å²) >= 11 is 1.83. The maximum Gasteiger partial charge on any atom is 0.141 e. The molecule has 4 heteroatoms. The lowest BCUT2D eigenvalue weighted by Gasteiger charge is -2.18. The van der Waals surface area contributed by atoms with Crippen molar-refractivity contribution in [2.24, 2.45) is 0 Å². The van der Waals surface area contributed by atoms with Gasteiger partial charge in [0.25, 0.3) is 0 Å². The Morgan fingerprint density at radius 3 is 2.57 bits per heavy atom. The number of thiophene rings is 1. The normalized spacial score (nSPS) is 12.5. The first-order chi connectivity index (χ1) is 9.99. The van der Waals surface area contributed by atoms with Gasteiger partial charge in [0.2, 0.25) is 0 Å². The molecule has 1 aromatic carbocycles. The summed E-state index contributed by atoms with van der Waals surface area (Å²) in [6.45, 7) is 5.24. The molecule has 3 nitrogen and oxygen atoms in total. The van der Waals surface area contributed by atoms with E-state index >= 15 is 0 Å². The molecule has 0 saturated heterocycles. The molecule has 2 aromatic rings. The molecular weight excluding hydrogens is 280 g/mol. The summed E-state index contributed by atoms with van der Waals surface area (Å²) in [6, 6.07) is 11.0. The predicted octanol–water partition coefficient (Wildman–Crippen LogP) is 4.30. The number of anilines is 1. The fourth-order valence-corrected chi connectivity index (χ4v) is 3.20.